The zero-order valence-corrected chi connectivity index (χ0v) is 13.4. The minimum atomic E-state index is 0.450. The van der Waals surface area contributed by atoms with E-state index in [0.29, 0.717) is 19.1 Å². The fourth-order valence-electron chi connectivity index (χ4n) is 2.16. The Kier molecular flexibility index (Phi) is 8.47. The number of likely N-dealkylation sites (N-methyl/N-ethyl adjacent to an activating group) is 1. The van der Waals surface area contributed by atoms with Crippen molar-refractivity contribution < 1.29 is 4.74 Å². The quantitative estimate of drug-likeness (QED) is 0.541. The molecule has 0 heterocycles. The van der Waals surface area contributed by atoms with Gasteiger partial charge in [-0.2, -0.15) is 0 Å². The van der Waals surface area contributed by atoms with Crippen molar-refractivity contribution in [3.05, 3.63) is 29.8 Å². The first-order valence-corrected chi connectivity index (χ1v) is 7.57. The number of nitrogens with one attached hydrogen (secondary N) is 1. The molecule has 1 aromatic rings. The molecule has 0 fully saturated rings. The van der Waals surface area contributed by atoms with Crippen LogP contribution < -0.4 is 11.1 Å². The van der Waals surface area contributed by atoms with Crippen molar-refractivity contribution in [2.75, 3.05) is 38.6 Å². The van der Waals surface area contributed by atoms with Crippen molar-refractivity contribution in [3.63, 3.8) is 0 Å². The third kappa shape index (κ3) is 6.60. The molecule has 5 nitrogen and oxygen atoms in total. The maximum Gasteiger partial charge on any atom is 0.193 e. The van der Waals surface area contributed by atoms with Gasteiger partial charge in [0.05, 0.1) is 13.2 Å². The normalized spacial score (nSPS) is 11.9. The van der Waals surface area contributed by atoms with Crippen LogP contribution in [0.15, 0.2) is 29.3 Å². The molecule has 21 heavy (non-hydrogen) atoms. The summed E-state index contributed by atoms with van der Waals surface area (Å²) in [4.78, 5) is 6.76. The molecule has 0 aliphatic carbocycles. The smallest absolute Gasteiger partial charge is 0.193 e. The van der Waals surface area contributed by atoms with Crippen LogP contribution in [0.1, 0.15) is 25.8 Å². The molecule has 0 spiro atoms. The Morgan fingerprint density at radius 1 is 1.29 bits per heavy atom. The Hall–Kier alpha value is -1.59. The number of methoxy groups -OCH3 is 1. The number of benzene rings is 1. The van der Waals surface area contributed by atoms with Crippen LogP contribution >= 0.6 is 0 Å². The summed E-state index contributed by atoms with van der Waals surface area (Å²) in [6.45, 7) is 8.71. The minimum Gasteiger partial charge on any atom is -0.380 e. The predicted octanol–water partition coefficient (Wildman–Crippen LogP) is 2.29. The van der Waals surface area contributed by atoms with Crippen molar-refractivity contribution in [1.82, 2.24) is 4.90 Å². The van der Waals surface area contributed by atoms with E-state index in [2.05, 4.69) is 29.1 Å². The highest BCUT2D eigenvalue weighted by Crippen LogP contribution is 2.15. The molecule has 0 saturated carbocycles. The van der Waals surface area contributed by atoms with Gasteiger partial charge in [0, 0.05) is 24.9 Å². The monoisotopic (exact) mass is 292 g/mol. The first kappa shape index (κ1) is 17.5. The third-order valence-electron chi connectivity index (χ3n) is 3.27. The summed E-state index contributed by atoms with van der Waals surface area (Å²) in [6.07, 6.45) is 1.16. The highest BCUT2D eigenvalue weighted by molar-refractivity contribution is 5.92. The van der Waals surface area contributed by atoms with Crippen molar-refractivity contribution in [3.8, 4) is 0 Å². The van der Waals surface area contributed by atoms with E-state index in [-0.39, 0.29) is 0 Å². The van der Waals surface area contributed by atoms with Crippen LogP contribution in [0.25, 0.3) is 0 Å². The number of rotatable bonds is 9. The number of hydrogen-bond acceptors (Lipinski definition) is 3. The number of ether oxygens (including phenoxy) is 1. The molecule has 118 valence electrons. The van der Waals surface area contributed by atoms with Gasteiger partial charge in [0.15, 0.2) is 5.96 Å². The predicted molar refractivity (Wildman–Crippen MR) is 89.7 cm³/mol. The lowest BCUT2D eigenvalue weighted by molar-refractivity contribution is 0.185. The molecular formula is C16H28N4O. The number of guanidine groups is 1. The van der Waals surface area contributed by atoms with Gasteiger partial charge in [0.2, 0.25) is 0 Å². The number of hydrogen-bond donors (Lipinski definition) is 2. The topological polar surface area (TPSA) is 62.9 Å². The zero-order valence-electron chi connectivity index (χ0n) is 13.4. The van der Waals surface area contributed by atoms with E-state index in [0.717, 1.165) is 37.3 Å². The summed E-state index contributed by atoms with van der Waals surface area (Å²) in [7, 11) is 1.68. The average molecular weight is 292 g/mol. The third-order valence-corrected chi connectivity index (χ3v) is 3.27. The molecule has 0 aliphatic heterocycles. The molecule has 5 heteroatoms. The Balaban J connectivity index is 2.52. The summed E-state index contributed by atoms with van der Waals surface area (Å²) in [5.74, 6) is 0.450. The number of nitrogens with two attached hydrogens (primary N) is 1. The van der Waals surface area contributed by atoms with Gasteiger partial charge >= 0.3 is 0 Å². The maximum absolute atomic E-state index is 5.95. The highest BCUT2D eigenvalue weighted by atomic mass is 16.5. The second-order valence-electron chi connectivity index (χ2n) is 4.92. The number of aliphatic imine (C=N–C) groups is 1. The Morgan fingerprint density at radius 3 is 2.71 bits per heavy atom. The Bertz CT molecular complexity index is 434. The van der Waals surface area contributed by atoms with Gasteiger partial charge < -0.3 is 20.7 Å². The van der Waals surface area contributed by atoms with E-state index in [4.69, 9.17) is 10.5 Å². The molecule has 0 radical (unpaired) electrons. The van der Waals surface area contributed by atoms with Gasteiger partial charge in [0.25, 0.3) is 0 Å². The lowest BCUT2D eigenvalue weighted by Gasteiger charge is -2.18. The van der Waals surface area contributed by atoms with Gasteiger partial charge in [-0.05, 0) is 25.6 Å². The largest absolute Gasteiger partial charge is 0.380 e. The first-order valence-electron chi connectivity index (χ1n) is 7.57. The molecule has 0 bridgehead atoms. The van der Waals surface area contributed by atoms with Crippen LogP contribution in [0.2, 0.25) is 0 Å². The summed E-state index contributed by atoms with van der Waals surface area (Å²) in [5, 5.41) is 3.15. The van der Waals surface area contributed by atoms with Crippen LogP contribution in [0.4, 0.5) is 5.69 Å². The van der Waals surface area contributed by atoms with Crippen molar-refractivity contribution >= 4 is 11.6 Å². The first-order chi connectivity index (χ1) is 10.2. The summed E-state index contributed by atoms with van der Waals surface area (Å²) in [6, 6.07) is 7.94. The van der Waals surface area contributed by atoms with Crippen LogP contribution in [0, 0.1) is 0 Å². The summed E-state index contributed by atoms with van der Waals surface area (Å²) in [5.41, 5.74) is 7.97. The second-order valence-corrected chi connectivity index (χ2v) is 4.92. The van der Waals surface area contributed by atoms with Gasteiger partial charge in [0.1, 0.15) is 0 Å². The van der Waals surface area contributed by atoms with E-state index in [1.807, 2.05) is 24.3 Å². The SMILES string of the molecule is CCCN(CC)CCN=C(N)Nc1ccccc1COC. The Labute approximate surface area is 128 Å². The molecule has 1 rings (SSSR count). The lowest BCUT2D eigenvalue weighted by Crippen LogP contribution is -2.29. The average Bonchev–Trinajstić information content (AvgIpc) is 2.48. The Morgan fingerprint density at radius 2 is 2.05 bits per heavy atom. The minimum absolute atomic E-state index is 0.450. The van der Waals surface area contributed by atoms with E-state index in [1.165, 1.54) is 0 Å². The zero-order chi connectivity index (χ0) is 15.5. The van der Waals surface area contributed by atoms with E-state index in [1.54, 1.807) is 7.11 Å². The highest BCUT2D eigenvalue weighted by Gasteiger charge is 2.03. The van der Waals surface area contributed by atoms with Crippen molar-refractivity contribution in [2.24, 2.45) is 10.7 Å². The summed E-state index contributed by atoms with van der Waals surface area (Å²) < 4.78 is 5.18. The molecular weight excluding hydrogens is 264 g/mol. The fraction of sp³-hybridized carbons (Fsp3) is 0.562. The number of para-hydroxylation sites is 1. The molecule has 0 aromatic heterocycles. The molecule has 0 unspecified atom stereocenters. The molecule has 1 aromatic carbocycles. The van der Waals surface area contributed by atoms with Gasteiger partial charge in [-0.3, -0.25) is 4.99 Å². The van der Waals surface area contributed by atoms with Crippen molar-refractivity contribution in [2.45, 2.75) is 26.9 Å². The fourth-order valence-corrected chi connectivity index (χ4v) is 2.16. The van der Waals surface area contributed by atoms with Crippen LogP contribution in [0.5, 0.6) is 0 Å². The van der Waals surface area contributed by atoms with Crippen molar-refractivity contribution in [1.29, 1.82) is 0 Å². The van der Waals surface area contributed by atoms with E-state index >= 15 is 0 Å². The standard InChI is InChI=1S/C16H28N4O/c1-4-11-20(5-2)12-10-18-16(17)19-15-9-7-6-8-14(15)13-21-3/h6-9H,4-5,10-13H2,1-3H3,(H3,17,18,19). The molecule has 0 atom stereocenters. The molecule has 3 N–H and O–H groups in total. The van der Waals surface area contributed by atoms with Gasteiger partial charge in [-0.15, -0.1) is 0 Å². The van der Waals surface area contributed by atoms with E-state index in [9.17, 15) is 0 Å². The van der Waals surface area contributed by atoms with Gasteiger partial charge in [-0.1, -0.05) is 32.0 Å². The van der Waals surface area contributed by atoms with E-state index < -0.39 is 0 Å². The maximum atomic E-state index is 5.95. The lowest BCUT2D eigenvalue weighted by atomic mass is 10.2. The summed E-state index contributed by atoms with van der Waals surface area (Å²) >= 11 is 0. The molecule has 0 amide bonds. The molecule has 0 saturated heterocycles. The van der Waals surface area contributed by atoms with Crippen LogP contribution in [0.3, 0.4) is 0 Å². The number of anilines is 1. The van der Waals surface area contributed by atoms with Crippen LogP contribution in [-0.2, 0) is 11.3 Å². The molecule has 0 aliphatic rings. The number of nitrogens with zero attached hydrogens (tertiary/aromatic N) is 2. The second kappa shape index (κ2) is 10.2. The van der Waals surface area contributed by atoms with Gasteiger partial charge in [-0.25, -0.2) is 0 Å². The van der Waals surface area contributed by atoms with Crippen LogP contribution in [-0.4, -0.2) is 44.1 Å².